The average molecular weight is 250 g/mol. The highest BCUT2D eigenvalue weighted by atomic mass is 16.5. The lowest BCUT2D eigenvalue weighted by Crippen LogP contribution is -1.85. The summed E-state index contributed by atoms with van der Waals surface area (Å²) in [6, 6.07) is 18.2. The lowest BCUT2D eigenvalue weighted by Gasteiger charge is -2.07. The van der Waals surface area contributed by atoms with Crippen LogP contribution in [0.2, 0.25) is 0 Å². The summed E-state index contributed by atoms with van der Waals surface area (Å²) in [5, 5.41) is 3.72. The molecule has 0 fully saturated rings. The molecule has 0 amide bonds. The predicted octanol–water partition coefficient (Wildman–Crippen LogP) is 3.90. The van der Waals surface area contributed by atoms with Gasteiger partial charge in [-0.2, -0.15) is 0 Å². The molecule has 0 radical (unpaired) electrons. The Morgan fingerprint density at radius 2 is 1.74 bits per heavy atom. The van der Waals surface area contributed by atoms with Crippen molar-refractivity contribution in [2.75, 3.05) is 5.73 Å². The van der Waals surface area contributed by atoms with Gasteiger partial charge in [0.15, 0.2) is 11.6 Å². The fourth-order valence-electron chi connectivity index (χ4n) is 2.13. The molecular weight excluding hydrogens is 236 g/mol. The smallest absolute Gasteiger partial charge is 0.169 e. The SMILES string of the molecule is Cc1ccc(-c2cc(N)no2)cc1-c1ccccc1. The molecule has 0 atom stereocenters. The van der Waals surface area contributed by atoms with Gasteiger partial charge in [0, 0.05) is 11.6 Å². The van der Waals surface area contributed by atoms with Gasteiger partial charge >= 0.3 is 0 Å². The van der Waals surface area contributed by atoms with Crippen molar-refractivity contribution in [3.05, 3.63) is 60.2 Å². The van der Waals surface area contributed by atoms with Gasteiger partial charge in [-0.15, -0.1) is 0 Å². The molecule has 0 aliphatic rings. The van der Waals surface area contributed by atoms with E-state index in [1.54, 1.807) is 6.07 Å². The number of nitrogen functional groups attached to an aromatic ring is 1. The predicted molar refractivity (Wildman–Crippen MR) is 76.5 cm³/mol. The zero-order chi connectivity index (χ0) is 13.2. The molecule has 0 saturated heterocycles. The summed E-state index contributed by atoms with van der Waals surface area (Å²) in [5.74, 6) is 1.09. The average Bonchev–Trinajstić information content (AvgIpc) is 2.87. The van der Waals surface area contributed by atoms with E-state index >= 15 is 0 Å². The Hall–Kier alpha value is -2.55. The highest BCUT2D eigenvalue weighted by Crippen LogP contribution is 2.29. The van der Waals surface area contributed by atoms with Gasteiger partial charge in [0.1, 0.15) is 0 Å². The zero-order valence-electron chi connectivity index (χ0n) is 10.6. The lowest BCUT2D eigenvalue weighted by atomic mass is 9.97. The van der Waals surface area contributed by atoms with Gasteiger partial charge < -0.3 is 10.3 Å². The van der Waals surface area contributed by atoms with Crippen LogP contribution in [0.1, 0.15) is 5.56 Å². The number of anilines is 1. The standard InChI is InChI=1S/C16H14N2O/c1-11-7-8-13(15-10-16(17)18-19-15)9-14(11)12-5-3-2-4-6-12/h2-10H,1H3,(H2,17,18). The van der Waals surface area contributed by atoms with Crippen molar-refractivity contribution in [2.45, 2.75) is 6.92 Å². The molecule has 3 rings (SSSR count). The topological polar surface area (TPSA) is 52.0 Å². The maximum Gasteiger partial charge on any atom is 0.169 e. The monoisotopic (exact) mass is 250 g/mol. The minimum Gasteiger partial charge on any atom is -0.381 e. The third kappa shape index (κ3) is 2.22. The molecule has 2 N–H and O–H groups in total. The largest absolute Gasteiger partial charge is 0.381 e. The summed E-state index contributed by atoms with van der Waals surface area (Å²) in [6.45, 7) is 2.10. The normalized spacial score (nSPS) is 10.6. The molecular formula is C16H14N2O. The minimum atomic E-state index is 0.400. The van der Waals surface area contributed by atoms with E-state index in [1.807, 2.05) is 24.3 Å². The van der Waals surface area contributed by atoms with E-state index in [4.69, 9.17) is 10.3 Å². The molecule has 94 valence electrons. The second-order valence-corrected chi connectivity index (χ2v) is 4.51. The molecule has 0 aliphatic carbocycles. The van der Waals surface area contributed by atoms with E-state index in [2.05, 4.69) is 36.3 Å². The molecule has 0 aliphatic heterocycles. The summed E-state index contributed by atoms with van der Waals surface area (Å²) >= 11 is 0. The van der Waals surface area contributed by atoms with Crippen molar-refractivity contribution in [1.29, 1.82) is 0 Å². The highest BCUT2D eigenvalue weighted by molar-refractivity contribution is 5.74. The second kappa shape index (κ2) is 4.61. The minimum absolute atomic E-state index is 0.400. The molecule has 19 heavy (non-hydrogen) atoms. The van der Waals surface area contributed by atoms with Gasteiger partial charge in [-0.25, -0.2) is 0 Å². The first-order valence-electron chi connectivity index (χ1n) is 6.13. The van der Waals surface area contributed by atoms with Gasteiger partial charge in [-0.3, -0.25) is 0 Å². The van der Waals surface area contributed by atoms with Crippen LogP contribution in [0, 0.1) is 6.92 Å². The molecule has 0 saturated carbocycles. The Labute approximate surface area is 111 Å². The van der Waals surface area contributed by atoms with E-state index in [9.17, 15) is 0 Å². The highest BCUT2D eigenvalue weighted by Gasteiger charge is 2.08. The van der Waals surface area contributed by atoms with Gasteiger partial charge in [-0.05, 0) is 29.7 Å². The van der Waals surface area contributed by atoms with Gasteiger partial charge in [0.2, 0.25) is 0 Å². The van der Waals surface area contributed by atoms with Gasteiger partial charge in [0.05, 0.1) is 0 Å². The maximum absolute atomic E-state index is 5.59. The van der Waals surface area contributed by atoms with E-state index < -0.39 is 0 Å². The molecule has 1 heterocycles. The fraction of sp³-hybridized carbons (Fsp3) is 0.0625. The van der Waals surface area contributed by atoms with Crippen LogP contribution in [0.5, 0.6) is 0 Å². The molecule has 3 nitrogen and oxygen atoms in total. The Kier molecular flexibility index (Phi) is 2.80. The first-order chi connectivity index (χ1) is 9.24. The van der Waals surface area contributed by atoms with Crippen LogP contribution < -0.4 is 5.73 Å². The number of hydrogen-bond donors (Lipinski definition) is 1. The van der Waals surface area contributed by atoms with Crippen LogP contribution in [-0.4, -0.2) is 5.16 Å². The van der Waals surface area contributed by atoms with Crippen LogP contribution in [0.3, 0.4) is 0 Å². The van der Waals surface area contributed by atoms with Crippen molar-refractivity contribution in [1.82, 2.24) is 5.16 Å². The van der Waals surface area contributed by atoms with Crippen molar-refractivity contribution in [3.63, 3.8) is 0 Å². The van der Waals surface area contributed by atoms with Crippen LogP contribution in [0.4, 0.5) is 5.82 Å². The lowest BCUT2D eigenvalue weighted by molar-refractivity contribution is 0.436. The van der Waals surface area contributed by atoms with Crippen molar-refractivity contribution >= 4 is 5.82 Å². The van der Waals surface area contributed by atoms with E-state index in [0.29, 0.717) is 11.6 Å². The Morgan fingerprint density at radius 1 is 0.947 bits per heavy atom. The number of hydrogen-bond acceptors (Lipinski definition) is 3. The third-order valence-electron chi connectivity index (χ3n) is 3.14. The second-order valence-electron chi connectivity index (χ2n) is 4.51. The molecule has 1 aromatic heterocycles. The summed E-state index contributed by atoms with van der Waals surface area (Å²) in [4.78, 5) is 0. The van der Waals surface area contributed by atoms with E-state index in [0.717, 1.165) is 5.56 Å². The first-order valence-corrected chi connectivity index (χ1v) is 6.13. The van der Waals surface area contributed by atoms with E-state index in [1.165, 1.54) is 16.7 Å². The van der Waals surface area contributed by atoms with Crippen LogP contribution in [0.15, 0.2) is 59.1 Å². The molecule has 2 aromatic carbocycles. The van der Waals surface area contributed by atoms with Crippen molar-refractivity contribution in [3.8, 4) is 22.5 Å². The summed E-state index contributed by atoms with van der Waals surface area (Å²) in [5.41, 5.74) is 10.2. The summed E-state index contributed by atoms with van der Waals surface area (Å²) in [7, 11) is 0. The molecule has 3 heteroatoms. The Morgan fingerprint density at radius 3 is 2.42 bits per heavy atom. The van der Waals surface area contributed by atoms with Gasteiger partial charge in [0.25, 0.3) is 0 Å². The van der Waals surface area contributed by atoms with Crippen molar-refractivity contribution < 1.29 is 4.52 Å². The molecule has 3 aromatic rings. The first kappa shape index (κ1) is 11.5. The molecule has 0 bridgehead atoms. The number of aromatic nitrogens is 1. The van der Waals surface area contributed by atoms with Crippen LogP contribution in [0.25, 0.3) is 22.5 Å². The van der Waals surface area contributed by atoms with Crippen molar-refractivity contribution in [2.24, 2.45) is 0 Å². The maximum atomic E-state index is 5.59. The van der Waals surface area contributed by atoms with Gasteiger partial charge in [-0.1, -0.05) is 47.6 Å². The summed E-state index contributed by atoms with van der Waals surface area (Å²) in [6.07, 6.45) is 0. The quantitative estimate of drug-likeness (QED) is 0.750. The van der Waals surface area contributed by atoms with E-state index in [-0.39, 0.29) is 0 Å². The van der Waals surface area contributed by atoms with Crippen LogP contribution in [-0.2, 0) is 0 Å². The number of nitrogens with zero attached hydrogens (tertiary/aromatic N) is 1. The molecule has 0 unspecified atom stereocenters. The third-order valence-corrected chi connectivity index (χ3v) is 3.14. The number of rotatable bonds is 2. The summed E-state index contributed by atoms with van der Waals surface area (Å²) < 4.78 is 5.21. The fourth-order valence-corrected chi connectivity index (χ4v) is 2.13. The Balaban J connectivity index is 2.11. The number of aryl methyl sites for hydroxylation is 1. The zero-order valence-corrected chi connectivity index (χ0v) is 10.6. The van der Waals surface area contributed by atoms with Crippen LogP contribution >= 0.6 is 0 Å². The number of benzene rings is 2. The molecule has 0 spiro atoms. The number of nitrogens with two attached hydrogens (primary N) is 1. The Bertz CT molecular complexity index is 702.